The number of methoxy groups -OCH3 is 1. The average Bonchev–Trinajstić information content (AvgIpc) is 3.39. The largest absolute Gasteiger partial charge is 0.497 e. The lowest BCUT2D eigenvalue weighted by Gasteiger charge is -2.14. The molecule has 0 spiro atoms. The van der Waals surface area contributed by atoms with Gasteiger partial charge in [-0.1, -0.05) is 50.1 Å². The third-order valence-electron chi connectivity index (χ3n) is 4.48. The zero-order valence-corrected chi connectivity index (χ0v) is 19.3. The Hall–Kier alpha value is -0.880. The van der Waals surface area contributed by atoms with Crippen LogP contribution in [0.25, 0.3) is 0 Å². The van der Waals surface area contributed by atoms with Crippen LogP contribution in [-0.4, -0.2) is 38.2 Å². The van der Waals surface area contributed by atoms with Gasteiger partial charge in [0.05, 0.1) is 7.11 Å². The summed E-state index contributed by atoms with van der Waals surface area (Å²) in [7, 11) is 1.65. The summed E-state index contributed by atoms with van der Waals surface area (Å²) in [5, 5.41) is 3.22. The third kappa shape index (κ3) is 9.74. The molecule has 2 saturated heterocycles. The molecule has 148 valence electrons. The number of halogens is 2. The highest BCUT2D eigenvalue weighted by atomic mass is 79.9. The molecule has 4 rings (SSSR count). The van der Waals surface area contributed by atoms with Crippen LogP contribution in [0, 0.1) is 0 Å². The predicted octanol–water partition coefficient (Wildman–Crippen LogP) is 5.87. The van der Waals surface area contributed by atoms with Gasteiger partial charge in [0, 0.05) is 15.5 Å². The number of rotatable bonds is 3. The van der Waals surface area contributed by atoms with Crippen molar-refractivity contribution in [2.24, 2.45) is 0 Å². The molecule has 2 aromatic rings. The number of hydrogen-bond donors (Lipinski definition) is 1. The summed E-state index contributed by atoms with van der Waals surface area (Å²) in [5.74, 6) is 0.879. The molecule has 2 aliphatic rings. The standard InChI is InChI=1S/C11H14BrN.C7H7BrO.C4H9N/c12-11-5-3-4-10(8-11)9-13-6-1-2-7-13;1-9-7-4-2-3-6(8)5-7;1-2-4-5-3-1/h3-5,8H,1-2,6-7,9H2;2-5H,1H3;5H,1-4H2. The lowest BCUT2D eigenvalue weighted by atomic mass is 10.2. The number of likely N-dealkylation sites (tertiary alicyclic amines) is 1. The summed E-state index contributed by atoms with van der Waals surface area (Å²) in [5.41, 5.74) is 1.41. The maximum atomic E-state index is 4.96. The number of nitrogens with zero attached hydrogens (tertiary/aromatic N) is 1. The van der Waals surface area contributed by atoms with Crippen molar-refractivity contribution in [3.8, 4) is 5.75 Å². The second kappa shape index (κ2) is 13.3. The van der Waals surface area contributed by atoms with E-state index in [0.29, 0.717) is 0 Å². The topological polar surface area (TPSA) is 24.5 Å². The van der Waals surface area contributed by atoms with E-state index in [4.69, 9.17) is 4.74 Å². The highest BCUT2D eigenvalue weighted by Gasteiger charge is 2.11. The lowest BCUT2D eigenvalue weighted by molar-refractivity contribution is 0.331. The second-order valence-electron chi connectivity index (χ2n) is 6.73. The molecule has 2 aliphatic heterocycles. The van der Waals surface area contributed by atoms with E-state index < -0.39 is 0 Å². The molecular formula is C22H30Br2N2O. The van der Waals surface area contributed by atoms with Crippen molar-refractivity contribution in [2.45, 2.75) is 32.2 Å². The van der Waals surface area contributed by atoms with Crippen LogP contribution >= 0.6 is 31.9 Å². The molecule has 27 heavy (non-hydrogen) atoms. The van der Waals surface area contributed by atoms with Crippen molar-refractivity contribution in [1.82, 2.24) is 10.2 Å². The number of benzene rings is 2. The van der Waals surface area contributed by atoms with Crippen LogP contribution in [0.3, 0.4) is 0 Å². The minimum absolute atomic E-state index is 0.879. The third-order valence-corrected chi connectivity index (χ3v) is 5.47. The first kappa shape index (κ1) is 22.4. The molecule has 2 heterocycles. The number of hydrogen-bond acceptors (Lipinski definition) is 3. The maximum absolute atomic E-state index is 4.96. The summed E-state index contributed by atoms with van der Waals surface area (Å²) >= 11 is 6.82. The smallest absolute Gasteiger partial charge is 0.119 e. The number of nitrogens with one attached hydrogen (secondary N) is 1. The van der Waals surface area contributed by atoms with Crippen molar-refractivity contribution in [3.05, 3.63) is 63.0 Å². The van der Waals surface area contributed by atoms with Gasteiger partial charge in [-0.3, -0.25) is 4.90 Å². The van der Waals surface area contributed by atoms with E-state index in [-0.39, 0.29) is 0 Å². The Morgan fingerprint density at radius 2 is 1.52 bits per heavy atom. The van der Waals surface area contributed by atoms with E-state index in [1.165, 1.54) is 61.9 Å². The van der Waals surface area contributed by atoms with Gasteiger partial charge in [-0.25, -0.2) is 0 Å². The van der Waals surface area contributed by atoms with Gasteiger partial charge >= 0.3 is 0 Å². The van der Waals surface area contributed by atoms with E-state index in [2.05, 4.69) is 66.3 Å². The Labute approximate surface area is 180 Å². The van der Waals surface area contributed by atoms with Crippen LogP contribution < -0.4 is 10.1 Å². The predicted molar refractivity (Wildman–Crippen MR) is 121 cm³/mol. The van der Waals surface area contributed by atoms with Crippen molar-refractivity contribution >= 4 is 31.9 Å². The zero-order valence-electron chi connectivity index (χ0n) is 16.1. The van der Waals surface area contributed by atoms with E-state index in [0.717, 1.165) is 16.8 Å². The Bertz CT molecular complexity index is 649. The fraction of sp³-hybridized carbons (Fsp3) is 0.455. The molecule has 2 fully saturated rings. The molecule has 0 aliphatic carbocycles. The van der Waals surface area contributed by atoms with E-state index in [1.807, 2.05) is 24.3 Å². The molecule has 0 aromatic heterocycles. The molecule has 0 amide bonds. The molecule has 3 nitrogen and oxygen atoms in total. The van der Waals surface area contributed by atoms with Gasteiger partial charge in [-0.15, -0.1) is 0 Å². The van der Waals surface area contributed by atoms with Gasteiger partial charge in [-0.2, -0.15) is 0 Å². The minimum Gasteiger partial charge on any atom is -0.497 e. The van der Waals surface area contributed by atoms with Gasteiger partial charge in [0.15, 0.2) is 0 Å². The Balaban J connectivity index is 0.000000161. The SMILES string of the molecule is Brc1cccc(CN2CCCC2)c1.C1CCNC1.COc1cccc(Br)c1. The van der Waals surface area contributed by atoms with Crippen LogP contribution in [0.5, 0.6) is 5.75 Å². The second-order valence-corrected chi connectivity index (χ2v) is 8.56. The normalized spacial score (nSPS) is 16.1. The van der Waals surface area contributed by atoms with Gasteiger partial charge in [0.25, 0.3) is 0 Å². The monoisotopic (exact) mass is 496 g/mol. The van der Waals surface area contributed by atoms with Gasteiger partial charge in [0.2, 0.25) is 0 Å². The minimum atomic E-state index is 0.879. The highest BCUT2D eigenvalue weighted by Crippen LogP contribution is 2.17. The van der Waals surface area contributed by atoms with Crippen molar-refractivity contribution < 1.29 is 4.74 Å². The summed E-state index contributed by atoms with van der Waals surface area (Å²) in [4.78, 5) is 2.52. The van der Waals surface area contributed by atoms with Crippen molar-refractivity contribution in [1.29, 1.82) is 0 Å². The zero-order chi connectivity index (χ0) is 19.3. The Morgan fingerprint density at radius 1 is 0.889 bits per heavy atom. The number of ether oxygens (including phenoxy) is 1. The van der Waals surface area contributed by atoms with Crippen molar-refractivity contribution in [2.75, 3.05) is 33.3 Å². The maximum Gasteiger partial charge on any atom is 0.119 e. The molecule has 2 aromatic carbocycles. The molecule has 0 atom stereocenters. The van der Waals surface area contributed by atoms with E-state index in [9.17, 15) is 0 Å². The summed E-state index contributed by atoms with van der Waals surface area (Å²) in [6, 6.07) is 16.3. The van der Waals surface area contributed by atoms with Gasteiger partial charge in [-0.05, 0) is 87.8 Å². The fourth-order valence-electron chi connectivity index (χ4n) is 3.05. The van der Waals surface area contributed by atoms with Crippen LogP contribution in [-0.2, 0) is 6.54 Å². The average molecular weight is 498 g/mol. The van der Waals surface area contributed by atoms with E-state index in [1.54, 1.807) is 7.11 Å². The lowest BCUT2D eigenvalue weighted by Crippen LogP contribution is -2.18. The molecule has 0 unspecified atom stereocenters. The van der Waals surface area contributed by atoms with E-state index >= 15 is 0 Å². The molecule has 0 bridgehead atoms. The van der Waals surface area contributed by atoms with Crippen molar-refractivity contribution in [3.63, 3.8) is 0 Å². The van der Waals surface area contributed by atoms with Crippen LogP contribution in [0.4, 0.5) is 0 Å². The summed E-state index contributed by atoms with van der Waals surface area (Å²) in [6.45, 7) is 6.15. The molecule has 5 heteroatoms. The van der Waals surface area contributed by atoms with Gasteiger partial charge in [0.1, 0.15) is 5.75 Å². The summed E-state index contributed by atoms with van der Waals surface area (Å²) < 4.78 is 7.19. The first-order valence-electron chi connectivity index (χ1n) is 9.64. The first-order valence-corrected chi connectivity index (χ1v) is 11.2. The molecule has 1 N–H and O–H groups in total. The quantitative estimate of drug-likeness (QED) is 0.573. The van der Waals surface area contributed by atoms with Crippen LogP contribution in [0.2, 0.25) is 0 Å². The molecule has 0 saturated carbocycles. The Kier molecular flexibility index (Phi) is 11.1. The van der Waals surface area contributed by atoms with Crippen LogP contribution in [0.15, 0.2) is 57.5 Å². The molecular weight excluding hydrogens is 468 g/mol. The van der Waals surface area contributed by atoms with Crippen LogP contribution in [0.1, 0.15) is 31.2 Å². The fourth-order valence-corrected chi connectivity index (χ4v) is 3.88. The first-order chi connectivity index (χ1) is 13.2. The Morgan fingerprint density at radius 3 is 2.00 bits per heavy atom. The molecule has 0 radical (unpaired) electrons. The van der Waals surface area contributed by atoms with Gasteiger partial charge < -0.3 is 10.1 Å². The highest BCUT2D eigenvalue weighted by molar-refractivity contribution is 9.10. The summed E-state index contributed by atoms with van der Waals surface area (Å²) in [6.07, 6.45) is 5.52.